The smallest absolute Gasteiger partial charge is 0.426 e. The summed E-state index contributed by atoms with van der Waals surface area (Å²) in [6.45, 7) is 3.33. The molecule has 0 aliphatic rings. The predicted octanol–water partition coefficient (Wildman–Crippen LogP) is 0.268. The molecule has 142 valence electrons. The average Bonchev–Trinajstić information content (AvgIpc) is 2.55. The zero-order chi connectivity index (χ0) is 19.9. The van der Waals surface area contributed by atoms with Gasteiger partial charge in [0, 0.05) is 11.1 Å². The van der Waals surface area contributed by atoms with Crippen LogP contribution in [0.4, 0.5) is 10.5 Å². The summed E-state index contributed by atoms with van der Waals surface area (Å²) in [6, 6.07) is 1.45. The molecule has 0 radical (unpaired) electrons. The number of rotatable bonds is 4. The monoisotopic (exact) mass is 385 g/mol. The number of nitrogens with two attached hydrogens (primary N) is 3. The third-order valence-corrected chi connectivity index (χ3v) is 3.32. The van der Waals surface area contributed by atoms with Crippen LogP contribution in [0, 0.1) is 6.92 Å². The van der Waals surface area contributed by atoms with Gasteiger partial charge in [0.15, 0.2) is 5.96 Å². The van der Waals surface area contributed by atoms with Crippen LogP contribution in [-0.4, -0.2) is 37.6 Å². The molecule has 11 nitrogen and oxygen atoms in total. The average molecular weight is 386 g/mol. The first-order valence-corrected chi connectivity index (χ1v) is 7.63. The minimum atomic E-state index is -0.836. The van der Waals surface area contributed by atoms with Crippen molar-refractivity contribution in [2.75, 3.05) is 13.7 Å². The Morgan fingerprint density at radius 1 is 1.27 bits per heavy atom. The van der Waals surface area contributed by atoms with Gasteiger partial charge in [-0.15, -0.1) is 0 Å². The molecule has 8 N–H and O–H groups in total. The van der Waals surface area contributed by atoms with Crippen LogP contribution in [0.3, 0.4) is 0 Å². The number of hydrogen-bond acceptors (Lipinski definition) is 5. The Morgan fingerprint density at radius 2 is 1.92 bits per heavy atom. The van der Waals surface area contributed by atoms with Crippen LogP contribution in [-0.2, 0) is 4.74 Å². The zero-order valence-corrected chi connectivity index (χ0v) is 15.2. The van der Waals surface area contributed by atoms with Crippen LogP contribution in [0.1, 0.15) is 22.8 Å². The van der Waals surface area contributed by atoms with E-state index in [9.17, 15) is 9.59 Å². The number of aliphatic imine (C=N–C) groups is 2. The van der Waals surface area contributed by atoms with Gasteiger partial charge in [-0.3, -0.25) is 10.2 Å². The number of guanidine groups is 2. The molecule has 0 heterocycles. The number of halogens is 1. The molecule has 0 atom stereocenters. The molecule has 1 rings (SSSR count). The van der Waals surface area contributed by atoms with Crippen molar-refractivity contribution in [3.8, 4) is 5.75 Å². The summed E-state index contributed by atoms with van der Waals surface area (Å²) >= 11 is 6.13. The van der Waals surface area contributed by atoms with Crippen molar-refractivity contribution < 1.29 is 19.1 Å². The largest absolute Gasteiger partial charge is 0.494 e. The maximum Gasteiger partial charge on any atom is 0.426 e. The van der Waals surface area contributed by atoms with Crippen LogP contribution in [0.5, 0.6) is 5.75 Å². The third kappa shape index (κ3) is 5.41. The van der Waals surface area contributed by atoms with Gasteiger partial charge in [-0.2, -0.15) is 4.99 Å². The molecular weight excluding hydrogens is 366 g/mol. The van der Waals surface area contributed by atoms with Crippen LogP contribution in [0.15, 0.2) is 16.1 Å². The molecule has 0 aliphatic heterocycles. The second kappa shape index (κ2) is 9.32. The third-order valence-electron chi connectivity index (χ3n) is 2.93. The molecule has 1 aromatic rings. The van der Waals surface area contributed by atoms with E-state index in [4.69, 9.17) is 33.5 Å². The molecule has 0 spiro atoms. The molecule has 26 heavy (non-hydrogen) atoms. The molecule has 0 fully saturated rings. The molecule has 0 aliphatic carbocycles. The number of hydrazine groups is 1. The minimum absolute atomic E-state index is 0.000101. The van der Waals surface area contributed by atoms with Gasteiger partial charge in [0.25, 0.3) is 5.91 Å². The van der Waals surface area contributed by atoms with E-state index in [0.717, 1.165) is 0 Å². The maximum atomic E-state index is 12.5. The van der Waals surface area contributed by atoms with Gasteiger partial charge >= 0.3 is 6.09 Å². The number of carbonyl (C=O) groups is 2. The van der Waals surface area contributed by atoms with Crippen LogP contribution in [0.25, 0.3) is 0 Å². The second-order valence-corrected chi connectivity index (χ2v) is 5.12. The molecular formula is C14H20ClN7O4. The topological polar surface area (TPSA) is 179 Å². The van der Waals surface area contributed by atoms with Gasteiger partial charge in [0.05, 0.1) is 19.3 Å². The molecule has 0 saturated heterocycles. The van der Waals surface area contributed by atoms with Gasteiger partial charge in [-0.25, -0.2) is 15.2 Å². The molecule has 0 bridgehead atoms. The summed E-state index contributed by atoms with van der Waals surface area (Å²) in [5.74, 6) is -1.20. The van der Waals surface area contributed by atoms with Crippen molar-refractivity contribution in [2.24, 2.45) is 27.2 Å². The maximum absolute atomic E-state index is 12.5. The van der Waals surface area contributed by atoms with Gasteiger partial charge in [0.1, 0.15) is 11.4 Å². The number of methoxy groups -OCH3 is 1. The normalized spacial score (nSPS) is 10.7. The summed E-state index contributed by atoms with van der Waals surface area (Å²) in [4.78, 5) is 31.5. The molecule has 1 aromatic carbocycles. The van der Waals surface area contributed by atoms with Crippen molar-refractivity contribution in [3.05, 3.63) is 22.2 Å². The number of carbonyl (C=O) groups excluding carboxylic acids is 2. The summed E-state index contributed by atoms with van der Waals surface area (Å²) in [7, 11) is 1.36. The van der Waals surface area contributed by atoms with Crippen LogP contribution < -0.4 is 32.8 Å². The van der Waals surface area contributed by atoms with E-state index in [1.54, 1.807) is 13.8 Å². The minimum Gasteiger partial charge on any atom is -0.494 e. The Kier molecular flexibility index (Phi) is 7.47. The van der Waals surface area contributed by atoms with Gasteiger partial charge in [0.2, 0.25) is 5.96 Å². The van der Waals surface area contributed by atoms with Crippen LogP contribution >= 0.6 is 11.6 Å². The van der Waals surface area contributed by atoms with E-state index in [0.29, 0.717) is 5.56 Å². The number of nitrogens with one attached hydrogen (secondary N) is 2. The van der Waals surface area contributed by atoms with E-state index in [1.165, 1.54) is 13.2 Å². The molecule has 12 heteroatoms. The first-order chi connectivity index (χ1) is 12.2. The highest BCUT2D eigenvalue weighted by Crippen LogP contribution is 2.38. The van der Waals surface area contributed by atoms with Gasteiger partial charge in [-0.1, -0.05) is 11.6 Å². The summed E-state index contributed by atoms with van der Waals surface area (Å²) in [5.41, 5.74) is 20.8. The van der Waals surface area contributed by atoms with Crippen molar-refractivity contribution in [3.63, 3.8) is 0 Å². The van der Waals surface area contributed by atoms with Crippen LogP contribution in [0.2, 0.25) is 5.02 Å². The van der Waals surface area contributed by atoms with Crippen molar-refractivity contribution in [2.45, 2.75) is 13.8 Å². The fraction of sp³-hybridized carbons (Fsp3) is 0.286. The molecule has 2 amide bonds. The lowest BCUT2D eigenvalue weighted by atomic mass is 10.0. The summed E-state index contributed by atoms with van der Waals surface area (Å²) < 4.78 is 9.85. The van der Waals surface area contributed by atoms with E-state index < -0.39 is 12.0 Å². The first kappa shape index (κ1) is 20.8. The Hall–Kier alpha value is -3.21. The van der Waals surface area contributed by atoms with E-state index in [1.807, 2.05) is 0 Å². The van der Waals surface area contributed by atoms with Crippen molar-refractivity contribution >= 4 is 41.2 Å². The highest BCUT2D eigenvalue weighted by atomic mass is 35.5. The standard InChI is InChI=1S/C14H20ClN7O4/c1-4-26-14(24)22-21-11(23)9-6(2)7(15)5-8(25-3)10(9)19-13(18)20-12(16)17/h5H,4H2,1-3H3,(H,21,23)(H,22,24)(H6,16,17,18,19,20). The van der Waals surface area contributed by atoms with Crippen molar-refractivity contribution in [1.29, 1.82) is 0 Å². The zero-order valence-electron chi connectivity index (χ0n) is 14.4. The van der Waals surface area contributed by atoms with E-state index in [2.05, 4.69) is 25.6 Å². The number of hydrogen-bond donors (Lipinski definition) is 5. The lowest BCUT2D eigenvalue weighted by Crippen LogP contribution is -2.42. The molecule has 0 aromatic heterocycles. The Bertz CT molecular complexity index is 760. The molecule has 0 unspecified atom stereocenters. The fourth-order valence-corrected chi connectivity index (χ4v) is 2.06. The van der Waals surface area contributed by atoms with E-state index in [-0.39, 0.29) is 40.5 Å². The van der Waals surface area contributed by atoms with Gasteiger partial charge < -0.3 is 26.7 Å². The summed E-state index contributed by atoms with van der Waals surface area (Å²) in [5, 5.41) is 0.238. The van der Waals surface area contributed by atoms with E-state index >= 15 is 0 Å². The van der Waals surface area contributed by atoms with Gasteiger partial charge in [-0.05, 0) is 19.4 Å². The Balaban J connectivity index is 3.39. The number of ether oxygens (including phenoxy) is 2. The highest BCUT2D eigenvalue weighted by molar-refractivity contribution is 6.32. The Labute approximate surface area is 154 Å². The number of nitrogens with zero attached hydrogens (tertiary/aromatic N) is 2. The Morgan fingerprint density at radius 3 is 2.46 bits per heavy atom. The predicted molar refractivity (Wildman–Crippen MR) is 97.5 cm³/mol. The SMILES string of the molecule is CCOC(=O)NNC(=O)c1c(C)c(Cl)cc(OC)c1N=C(N)N=C(N)N. The quantitative estimate of drug-likeness (QED) is 0.280. The summed E-state index contributed by atoms with van der Waals surface area (Å²) in [6.07, 6.45) is -0.836. The van der Waals surface area contributed by atoms with Crippen molar-refractivity contribution in [1.82, 2.24) is 10.9 Å². The lowest BCUT2D eigenvalue weighted by Gasteiger charge is -2.15. The first-order valence-electron chi connectivity index (χ1n) is 7.25. The highest BCUT2D eigenvalue weighted by Gasteiger charge is 2.22. The number of amides is 2. The lowest BCUT2D eigenvalue weighted by molar-refractivity contribution is 0.0912. The number of benzene rings is 1. The second-order valence-electron chi connectivity index (χ2n) is 4.72. The fourth-order valence-electron chi connectivity index (χ4n) is 1.87. The molecule has 0 saturated carbocycles.